The number of morpholine rings is 1. The molecule has 0 N–H and O–H groups in total. The molecule has 0 radical (unpaired) electrons. The van der Waals surface area contributed by atoms with Gasteiger partial charge < -0.3 is 9.64 Å². The van der Waals surface area contributed by atoms with Gasteiger partial charge in [-0.1, -0.05) is 20.8 Å². The van der Waals surface area contributed by atoms with Crippen molar-refractivity contribution in [3.63, 3.8) is 0 Å². The Balaban J connectivity index is 2.76. The van der Waals surface area contributed by atoms with E-state index in [-0.39, 0.29) is 5.41 Å². The summed E-state index contributed by atoms with van der Waals surface area (Å²) in [4.78, 5) is 12.8. The van der Waals surface area contributed by atoms with E-state index < -0.39 is 0 Å². The molecule has 14 heavy (non-hydrogen) atoms. The number of rotatable bonds is 2. The zero-order valence-corrected chi connectivity index (χ0v) is 9.25. The van der Waals surface area contributed by atoms with Gasteiger partial charge in [0.05, 0.1) is 13.2 Å². The predicted molar refractivity (Wildman–Crippen MR) is 56.0 cm³/mol. The molecule has 1 aliphatic heterocycles. The van der Waals surface area contributed by atoms with Crippen LogP contribution >= 0.6 is 0 Å². The summed E-state index contributed by atoms with van der Waals surface area (Å²) in [6.07, 6.45) is 2.54. The number of carbonyl (C=O) groups excluding carboxylic acids is 1. The normalized spacial score (nSPS) is 19.6. The molecule has 3 nitrogen and oxygen atoms in total. The van der Waals surface area contributed by atoms with E-state index in [1.807, 2.05) is 0 Å². The molecule has 0 aliphatic carbocycles. The van der Waals surface area contributed by atoms with E-state index in [2.05, 4.69) is 25.7 Å². The van der Waals surface area contributed by atoms with Gasteiger partial charge in [-0.2, -0.15) is 0 Å². The first-order chi connectivity index (χ1) is 6.55. The largest absolute Gasteiger partial charge is 0.378 e. The highest BCUT2D eigenvalue weighted by Crippen LogP contribution is 2.28. The maximum atomic E-state index is 10.6. The van der Waals surface area contributed by atoms with Crippen LogP contribution in [0.4, 0.5) is 0 Å². The lowest BCUT2D eigenvalue weighted by Gasteiger charge is -2.37. The Bertz CT molecular complexity index is 222. The van der Waals surface area contributed by atoms with E-state index in [1.165, 1.54) is 0 Å². The van der Waals surface area contributed by atoms with E-state index in [4.69, 9.17) is 4.74 Å². The molecule has 0 aromatic carbocycles. The fourth-order valence-corrected chi connectivity index (χ4v) is 1.70. The Kier molecular flexibility index (Phi) is 3.69. The Morgan fingerprint density at radius 1 is 1.29 bits per heavy atom. The van der Waals surface area contributed by atoms with E-state index >= 15 is 0 Å². The van der Waals surface area contributed by atoms with Crippen molar-refractivity contribution in [2.75, 3.05) is 26.3 Å². The Morgan fingerprint density at radius 2 is 1.86 bits per heavy atom. The molecule has 0 amide bonds. The molecule has 0 aromatic rings. The second-order valence-corrected chi connectivity index (χ2v) is 4.54. The first kappa shape index (κ1) is 11.2. The number of aldehydes is 1. The van der Waals surface area contributed by atoms with Crippen molar-refractivity contribution in [1.29, 1.82) is 0 Å². The van der Waals surface area contributed by atoms with Crippen molar-refractivity contribution >= 4 is 6.29 Å². The number of hydrogen-bond donors (Lipinski definition) is 0. The van der Waals surface area contributed by atoms with Crippen molar-refractivity contribution in [2.45, 2.75) is 20.8 Å². The van der Waals surface area contributed by atoms with E-state index in [9.17, 15) is 4.79 Å². The van der Waals surface area contributed by atoms with Gasteiger partial charge in [0, 0.05) is 24.2 Å². The fraction of sp³-hybridized carbons (Fsp3) is 0.727. The van der Waals surface area contributed by atoms with Crippen LogP contribution in [0.2, 0.25) is 0 Å². The second kappa shape index (κ2) is 4.60. The number of carbonyl (C=O) groups is 1. The van der Waals surface area contributed by atoms with Crippen molar-refractivity contribution in [3.8, 4) is 0 Å². The van der Waals surface area contributed by atoms with Crippen LogP contribution in [0.15, 0.2) is 11.8 Å². The summed E-state index contributed by atoms with van der Waals surface area (Å²) in [7, 11) is 0. The molecule has 3 heteroatoms. The third-order valence-electron chi connectivity index (χ3n) is 2.35. The van der Waals surface area contributed by atoms with Crippen LogP contribution < -0.4 is 0 Å². The average Bonchev–Trinajstić information content (AvgIpc) is 2.14. The van der Waals surface area contributed by atoms with Crippen LogP contribution in [0.5, 0.6) is 0 Å². The number of nitrogens with zero attached hydrogens (tertiary/aromatic N) is 1. The lowest BCUT2D eigenvalue weighted by molar-refractivity contribution is -0.104. The van der Waals surface area contributed by atoms with E-state index in [0.717, 1.165) is 38.3 Å². The van der Waals surface area contributed by atoms with E-state index in [0.29, 0.717) is 0 Å². The highest BCUT2D eigenvalue weighted by Gasteiger charge is 2.23. The minimum atomic E-state index is 0.0260. The predicted octanol–water partition coefficient (Wildman–Crippen LogP) is 1.45. The third kappa shape index (κ3) is 2.84. The van der Waals surface area contributed by atoms with Gasteiger partial charge in [0.15, 0.2) is 0 Å². The number of allylic oxidation sites excluding steroid dienone is 2. The fourth-order valence-electron chi connectivity index (χ4n) is 1.70. The summed E-state index contributed by atoms with van der Waals surface area (Å²) in [6, 6.07) is 0. The van der Waals surface area contributed by atoms with Crippen molar-refractivity contribution < 1.29 is 9.53 Å². The van der Waals surface area contributed by atoms with Crippen LogP contribution in [0.25, 0.3) is 0 Å². The van der Waals surface area contributed by atoms with Crippen molar-refractivity contribution in [3.05, 3.63) is 11.8 Å². The zero-order chi connectivity index (χ0) is 10.6. The third-order valence-corrected chi connectivity index (χ3v) is 2.35. The van der Waals surface area contributed by atoms with Crippen LogP contribution in [-0.4, -0.2) is 37.5 Å². The summed E-state index contributed by atoms with van der Waals surface area (Å²) in [5.74, 6) is 0. The first-order valence-corrected chi connectivity index (χ1v) is 5.04. The summed E-state index contributed by atoms with van der Waals surface area (Å²) < 4.78 is 5.28. The minimum absolute atomic E-state index is 0.0260. The Morgan fingerprint density at radius 3 is 2.29 bits per heavy atom. The molecule has 0 spiro atoms. The molecule has 1 rings (SSSR count). The first-order valence-electron chi connectivity index (χ1n) is 5.04. The van der Waals surface area contributed by atoms with Gasteiger partial charge in [-0.3, -0.25) is 4.79 Å². The summed E-state index contributed by atoms with van der Waals surface area (Å²) >= 11 is 0. The molecule has 1 aliphatic rings. The molecule has 0 atom stereocenters. The summed E-state index contributed by atoms with van der Waals surface area (Å²) in [5.41, 5.74) is 1.13. The minimum Gasteiger partial charge on any atom is -0.378 e. The maximum Gasteiger partial charge on any atom is 0.144 e. The number of hydrogen-bond acceptors (Lipinski definition) is 3. The highest BCUT2D eigenvalue weighted by molar-refractivity contribution is 5.66. The molecular formula is C11H19NO2. The van der Waals surface area contributed by atoms with Gasteiger partial charge in [-0.15, -0.1) is 0 Å². The molecule has 1 fully saturated rings. The lowest BCUT2D eigenvalue weighted by atomic mass is 9.90. The molecule has 0 bridgehead atoms. The molecule has 80 valence electrons. The molecule has 0 aromatic heterocycles. The van der Waals surface area contributed by atoms with Gasteiger partial charge >= 0.3 is 0 Å². The van der Waals surface area contributed by atoms with E-state index in [1.54, 1.807) is 6.08 Å². The number of ether oxygens (including phenoxy) is 1. The highest BCUT2D eigenvalue weighted by atomic mass is 16.5. The molecule has 1 heterocycles. The SMILES string of the molecule is CC(C)(C)/C(=C/C=O)N1CCOCC1. The maximum absolute atomic E-state index is 10.6. The van der Waals surface area contributed by atoms with Gasteiger partial charge in [0.1, 0.15) is 6.29 Å². The molecular weight excluding hydrogens is 178 g/mol. The standard InChI is InChI=1S/C11H19NO2/c1-11(2,3)10(4-7-13)12-5-8-14-9-6-12/h4,7H,5-6,8-9H2,1-3H3/b10-4-. The molecule has 1 saturated heterocycles. The summed E-state index contributed by atoms with van der Waals surface area (Å²) in [6.45, 7) is 9.65. The van der Waals surface area contributed by atoms with Crippen LogP contribution in [0.1, 0.15) is 20.8 Å². The Hall–Kier alpha value is -0.830. The zero-order valence-electron chi connectivity index (χ0n) is 9.25. The Labute approximate surface area is 85.7 Å². The lowest BCUT2D eigenvalue weighted by Crippen LogP contribution is -2.39. The van der Waals surface area contributed by atoms with Crippen molar-refractivity contribution in [2.24, 2.45) is 5.41 Å². The van der Waals surface area contributed by atoms with Gasteiger partial charge in [-0.25, -0.2) is 0 Å². The van der Waals surface area contributed by atoms with Crippen LogP contribution in [-0.2, 0) is 9.53 Å². The average molecular weight is 197 g/mol. The van der Waals surface area contributed by atoms with Crippen LogP contribution in [0.3, 0.4) is 0 Å². The second-order valence-electron chi connectivity index (χ2n) is 4.54. The topological polar surface area (TPSA) is 29.5 Å². The van der Waals surface area contributed by atoms with Crippen LogP contribution in [0, 0.1) is 5.41 Å². The van der Waals surface area contributed by atoms with Gasteiger partial charge in [0.2, 0.25) is 0 Å². The molecule has 0 unspecified atom stereocenters. The van der Waals surface area contributed by atoms with Gasteiger partial charge in [-0.05, 0) is 6.08 Å². The smallest absolute Gasteiger partial charge is 0.144 e. The monoisotopic (exact) mass is 197 g/mol. The molecule has 0 saturated carbocycles. The van der Waals surface area contributed by atoms with Gasteiger partial charge in [0.25, 0.3) is 0 Å². The quantitative estimate of drug-likeness (QED) is 0.495. The summed E-state index contributed by atoms with van der Waals surface area (Å²) in [5, 5.41) is 0. The van der Waals surface area contributed by atoms with Crippen molar-refractivity contribution in [1.82, 2.24) is 4.90 Å².